The molecular formula is C23H26FN3O2. The van der Waals surface area contributed by atoms with Gasteiger partial charge in [0.25, 0.3) is 5.91 Å². The summed E-state index contributed by atoms with van der Waals surface area (Å²) in [6, 6.07) is 13.8. The highest BCUT2D eigenvalue weighted by Crippen LogP contribution is 2.29. The average Bonchev–Trinajstić information content (AvgIpc) is 2.73. The van der Waals surface area contributed by atoms with Crippen molar-refractivity contribution < 1.29 is 14.3 Å². The molecule has 6 heteroatoms. The number of halogens is 1. The first-order valence-electron chi connectivity index (χ1n) is 9.64. The zero-order valence-electron chi connectivity index (χ0n) is 16.6. The molecule has 3 rings (SSSR count). The van der Waals surface area contributed by atoms with Gasteiger partial charge in [-0.3, -0.25) is 9.79 Å². The fraction of sp³-hybridized carbons (Fsp3) is 0.304. The van der Waals surface area contributed by atoms with Gasteiger partial charge in [-0.05, 0) is 30.5 Å². The molecule has 1 fully saturated rings. The number of carbonyl (C=O) groups is 1. The first-order chi connectivity index (χ1) is 13.9. The van der Waals surface area contributed by atoms with Gasteiger partial charge in [-0.25, -0.2) is 4.39 Å². The highest BCUT2D eigenvalue weighted by atomic mass is 19.1. The highest BCUT2D eigenvalue weighted by Gasteiger charge is 2.35. The van der Waals surface area contributed by atoms with Gasteiger partial charge in [-0.2, -0.15) is 0 Å². The van der Waals surface area contributed by atoms with Crippen molar-refractivity contribution in [3.05, 3.63) is 77.6 Å². The molecule has 1 aliphatic heterocycles. The lowest BCUT2D eigenvalue weighted by Gasteiger charge is -2.38. The van der Waals surface area contributed by atoms with Crippen LogP contribution < -0.4 is 5.32 Å². The largest absolute Gasteiger partial charge is 0.389 e. The molecule has 1 aliphatic rings. The number of nitrogens with zero attached hydrogens (tertiary/aromatic N) is 2. The van der Waals surface area contributed by atoms with E-state index in [0.717, 1.165) is 0 Å². The van der Waals surface area contributed by atoms with Gasteiger partial charge in [0.05, 0.1) is 11.9 Å². The summed E-state index contributed by atoms with van der Waals surface area (Å²) in [6.45, 7) is 4.80. The number of hydrogen-bond acceptors (Lipinski definition) is 3. The van der Waals surface area contributed by atoms with E-state index in [0.29, 0.717) is 48.3 Å². The van der Waals surface area contributed by atoms with Crippen molar-refractivity contribution in [2.24, 2.45) is 4.99 Å². The van der Waals surface area contributed by atoms with Crippen molar-refractivity contribution in [3.8, 4) is 0 Å². The van der Waals surface area contributed by atoms with Crippen LogP contribution in [-0.4, -0.2) is 48.0 Å². The van der Waals surface area contributed by atoms with Crippen LogP contribution in [0, 0.1) is 5.82 Å². The van der Waals surface area contributed by atoms with Crippen LogP contribution in [0.2, 0.25) is 0 Å². The standard InChI is InChI=1S/C23H26FN3O2/c1-17(26-16-25-2)19-8-4-5-9-20(19)22(28)27-13-11-23(29,12-14-27)15-18-7-3-6-10-21(18)24/h3-10,16,29H,1,11-15H2,2H3,(H,25,26). The molecule has 2 aromatic carbocycles. The van der Waals surface area contributed by atoms with E-state index in [-0.39, 0.29) is 18.1 Å². The van der Waals surface area contributed by atoms with Crippen molar-refractivity contribution in [2.45, 2.75) is 24.9 Å². The smallest absolute Gasteiger partial charge is 0.254 e. The van der Waals surface area contributed by atoms with E-state index < -0.39 is 5.60 Å². The maximum atomic E-state index is 14.0. The van der Waals surface area contributed by atoms with E-state index in [1.165, 1.54) is 12.4 Å². The Hall–Kier alpha value is -2.99. The molecule has 1 saturated heterocycles. The molecule has 0 aromatic heterocycles. The molecule has 5 nitrogen and oxygen atoms in total. The fourth-order valence-electron chi connectivity index (χ4n) is 3.62. The third-order valence-electron chi connectivity index (χ3n) is 5.31. The van der Waals surface area contributed by atoms with Gasteiger partial charge >= 0.3 is 0 Å². The second-order valence-corrected chi connectivity index (χ2v) is 7.34. The number of piperidine rings is 1. The van der Waals surface area contributed by atoms with E-state index in [2.05, 4.69) is 16.9 Å². The zero-order valence-corrected chi connectivity index (χ0v) is 16.6. The van der Waals surface area contributed by atoms with Crippen molar-refractivity contribution in [2.75, 3.05) is 20.1 Å². The van der Waals surface area contributed by atoms with Crippen LogP contribution in [-0.2, 0) is 6.42 Å². The van der Waals surface area contributed by atoms with Crippen molar-refractivity contribution in [1.29, 1.82) is 0 Å². The molecular weight excluding hydrogens is 369 g/mol. The number of hydrogen-bond donors (Lipinski definition) is 2. The average molecular weight is 395 g/mol. The summed E-state index contributed by atoms with van der Waals surface area (Å²) in [5.74, 6) is -0.417. The molecule has 0 unspecified atom stereocenters. The Bertz CT molecular complexity index is 918. The summed E-state index contributed by atoms with van der Waals surface area (Å²) in [4.78, 5) is 18.7. The Balaban J connectivity index is 1.69. The molecule has 0 radical (unpaired) electrons. The number of benzene rings is 2. The summed E-state index contributed by atoms with van der Waals surface area (Å²) in [5, 5.41) is 13.9. The van der Waals surface area contributed by atoms with Crippen LogP contribution in [0.1, 0.15) is 34.3 Å². The molecule has 0 spiro atoms. The van der Waals surface area contributed by atoms with E-state index in [1.807, 2.05) is 18.2 Å². The summed E-state index contributed by atoms with van der Waals surface area (Å²) >= 11 is 0. The first-order valence-corrected chi connectivity index (χ1v) is 9.64. The zero-order chi connectivity index (χ0) is 20.9. The Morgan fingerprint density at radius 2 is 1.83 bits per heavy atom. The molecule has 1 heterocycles. The van der Waals surface area contributed by atoms with Gasteiger partial charge in [0, 0.05) is 43.4 Å². The van der Waals surface area contributed by atoms with Gasteiger partial charge in [-0.15, -0.1) is 0 Å². The third kappa shape index (κ3) is 4.90. The molecule has 29 heavy (non-hydrogen) atoms. The minimum atomic E-state index is -1.01. The Kier molecular flexibility index (Phi) is 6.44. The van der Waals surface area contributed by atoms with Crippen molar-refractivity contribution in [3.63, 3.8) is 0 Å². The van der Waals surface area contributed by atoms with Gasteiger partial charge in [0.15, 0.2) is 0 Å². The lowest BCUT2D eigenvalue weighted by atomic mass is 9.85. The maximum Gasteiger partial charge on any atom is 0.254 e. The van der Waals surface area contributed by atoms with Gasteiger partial charge < -0.3 is 15.3 Å². The Labute approximate surface area is 170 Å². The summed E-state index contributed by atoms with van der Waals surface area (Å²) in [7, 11) is 1.65. The van der Waals surface area contributed by atoms with E-state index in [4.69, 9.17) is 0 Å². The van der Waals surface area contributed by atoms with E-state index in [1.54, 1.807) is 36.2 Å². The van der Waals surface area contributed by atoms with Crippen LogP contribution in [0.3, 0.4) is 0 Å². The van der Waals surface area contributed by atoms with Crippen LogP contribution in [0.25, 0.3) is 5.70 Å². The number of amides is 1. The Morgan fingerprint density at radius 3 is 2.48 bits per heavy atom. The number of nitrogens with one attached hydrogen (secondary N) is 1. The van der Waals surface area contributed by atoms with Crippen molar-refractivity contribution in [1.82, 2.24) is 10.2 Å². The minimum Gasteiger partial charge on any atom is -0.389 e. The highest BCUT2D eigenvalue weighted by molar-refractivity contribution is 5.99. The summed E-state index contributed by atoms with van der Waals surface area (Å²) in [6.07, 6.45) is 2.57. The minimum absolute atomic E-state index is 0.107. The molecule has 152 valence electrons. The molecule has 0 bridgehead atoms. The second-order valence-electron chi connectivity index (χ2n) is 7.34. The van der Waals surface area contributed by atoms with Crippen molar-refractivity contribution >= 4 is 17.9 Å². The van der Waals surface area contributed by atoms with Crippen LogP contribution in [0.5, 0.6) is 0 Å². The number of rotatable bonds is 6. The lowest BCUT2D eigenvalue weighted by Crippen LogP contribution is -2.48. The predicted molar refractivity (Wildman–Crippen MR) is 113 cm³/mol. The van der Waals surface area contributed by atoms with Gasteiger partial charge in [0.2, 0.25) is 0 Å². The normalized spacial score (nSPS) is 16.0. The summed E-state index contributed by atoms with van der Waals surface area (Å²) in [5.41, 5.74) is 1.34. The topological polar surface area (TPSA) is 64.9 Å². The molecule has 0 saturated carbocycles. The van der Waals surface area contributed by atoms with Crippen LogP contribution >= 0.6 is 0 Å². The maximum absolute atomic E-state index is 14.0. The van der Waals surface area contributed by atoms with Crippen LogP contribution in [0.4, 0.5) is 4.39 Å². The van der Waals surface area contributed by atoms with Crippen LogP contribution in [0.15, 0.2) is 60.1 Å². The van der Waals surface area contributed by atoms with Gasteiger partial charge in [0.1, 0.15) is 5.82 Å². The molecule has 0 aliphatic carbocycles. The third-order valence-corrected chi connectivity index (χ3v) is 5.31. The number of carbonyl (C=O) groups excluding carboxylic acids is 1. The van der Waals surface area contributed by atoms with E-state index in [9.17, 15) is 14.3 Å². The monoisotopic (exact) mass is 395 g/mol. The predicted octanol–water partition coefficient (Wildman–Crippen LogP) is 3.25. The molecule has 0 atom stereocenters. The number of likely N-dealkylation sites (tertiary alicyclic amines) is 1. The Morgan fingerprint density at radius 1 is 1.21 bits per heavy atom. The number of aliphatic imine (C=N–C) groups is 1. The SMILES string of the molecule is C=C(NC=NC)c1ccccc1C(=O)N1CCC(O)(Cc2ccccc2F)CC1. The quantitative estimate of drug-likeness (QED) is 0.583. The molecule has 1 amide bonds. The molecule has 2 N–H and O–H groups in total. The number of aliphatic hydroxyl groups is 1. The summed E-state index contributed by atoms with van der Waals surface area (Å²) < 4.78 is 14.0. The first kappa shape index (κ1) is 20.7. The van der Waals surface area contributed by atoms with Gasteiger partial charge in [-0.1, -0.05) is 43.0 Å². The molecule has 2 aromatic rings. The fourth-order valence-corrected chi connectivity index (χ4v) is 3.62. The van der Waals surface area contributed by atoms with E-state index >= 15 is 0 Å². The second kappa shape index (κ2) is 9.01. The lowest BCUT2D eigenvalue weighted by molar-refractivity contribution is -0.0167.